The number of carbonyl (C=O) groups excluding carboxylic acids is 2. The number of imidazole rings is 1. The zero-order chi connectivity index (χ0) is 25.4. The molecular formula is C25H29BrN8O2. The zero-order valence-electron chi connectivity index (χ0n) is 20.1. The van der Waals surface area contributed by atoms with Crippen LogP contribution in [0.15, 0.2) is 45.9 Å². The van der Waals surface area contributed by atoms with Crippen LogP contribution in [-0.2, 0) is 9.59 Å². The van der Waals surface area contributed by atoms with Crippen LogP contribution in [0.4, 0.5) is 11.4 Å². The first-order chi connectivity index (χ1) is 17.3. The molecule has 2 aromatic carbocycles. The van der Waals surface area contributed by atoms with Crippen LogP contribution in [0.25, 0.3) is 22.4 Å². The van der Waals surface area contributed by atoms with Crippen LogP contribution in [0.3, 0.4) is 0 Å². The summed E-state index contributed by atoms with van der Waals surface area (Å²) in [5, 5.41) is 3.12. The molecule has 5 rings (SSSR count). The number of halogens is 1. The zero-order valence-corrected chi connectivity index (χ0v) is 21.7. The van der Waals surface area contributed by atoms with Crippen molar-refractivity contribution in [2.75, 3.05) is 42.9 Å². The van der Waals surface area contributed by atoms with Gasteiger partial charge in [-0.1, -0.05) is 15.9 Å². The van der Waals surface area contributed by atoms with E-state index >= 15 is 0 Å². The van der Waals surface area contributed by atoms with Crippen LogP contribution in [-0.4, -0.2) is 64.9 Å². The largest absolute Gasteiger partial charge is 0.370 e. The van der Waals surface area contributed by atoms with Crippen molar-refractivity contribution >= 4 is 56.1 Å². The Kier molecular flexibility index (Phi) is 6.57. The number of fused-ring (bicyclic) bond motifs is 5. The standard InChI is InChI=1S/C25H29BrN8O2/c1-15(35)32-9-11-33(12-10-32)17-5-6-19-18(14-17)23-30-20-13-16(26)4-7-21(20)34(23)22(24(36)31-19)3-2-8-29-25(27)28/h4-7,13-14,22H,2-3,8-12H2,1H3,(H,31,36)(H4,27,28,29). The summed E-state index contributed by atoms with van der Waals surface area (Å²) in [6.07, 6.45) is 1.21. The first-order valence-corrected chi connectivity index (χ1v) is 12.8. The molecule has 36 heavy (non-hydrogen) atoms. The number of hydrogen-bond acceptors (Lipinski definition) is 5. The van der Waals surface area contributed by atoms with Crippen molar-refractivity contribution in [3.8, 4) is 11.4 Å². The van der Waals surface area contributed by atoms with E-state index in [9.17, 15) is 9.59 Å². The molecule has 11 heteroatoms. The summed E-state index contributed by atoms with van der Waals surface area (Å²) in [4.78, 5) is 38.4. The molecule has 10 nitrogen and oxygen atoms in total. The summed E-state index contributed by atoms with van der Waals surface area (Å²) in [5.41, 5.74) is 15.3. The van der Waals surface area contributed by atoms with Crippen molar-refractivity contribution < 1.29 is 9.59 Å². The lowest BCUT2D eigenvalue weighted by Gasteiger charge is -2.35. The fourth-order valence-corrected chi connectivity index (χ4v) is 5.32. The Morgan fingerprint density at radius 2 is 1.94 bits per heavy atom. The Balaban J connectivity index is 1.55. The van der Waals surface area contributed by atoms with Crippen LogP contribution in [0, 0.1) is 0 Å². The van der Waals surface area contributed by atoms with Gasteiger partial charge in [0.05, 0.1) is 16.7 Å². The fourth-order valence-electron chi connectivity index (χ4n) is 4.97. The summed E-state index contributed by atoms with van der Waals surface area (Å²) in [6.45, 7) is 4.93. The highest BCUT2D eigenvalue weighted by Crippen LogP contribution is 2.40. The van der Waals surface area contributed by atoms with E-state index in [0.717, 1.165) is 51.4 Å². The molecule has 1 fully saturated rings. The molecule has 0 radical (unpaired) electrons. The second-order valence-electron chi connectivity index (χ2n) is 9.12. The molecule has 3 aromatic rings. The number of nitrogens with two attached hydrogens (primary N) is 2. The molecule has 0 spiro atoms. The molecule has 188 valence electrons. The molecule has 1 unspecified atom stereocenters. The highest BCUT2D eigenvalue weighted by atomic mass is 79.9. The molecule has 0 aliphatic carbocycles. The molecule has 2 aliphatic heterocycles. The Morgan fingerprint density at radius 1 is 1.17 bits per heavy atom. The lowest BCUT2D eigenvalue weighted by molar-refractivity contribution is -0.129. The Morgan fingerprint density at radius 3 is 2.67 bits per heavy atom. The van der Waals surface area contributed by atoms with Crippen LogP contribution in [0.2, 0.25) is 0 Å². The number of benzene rings is 2. The van der Waals surface area contributed by atoms with E-state index in [1.807, 2.05) is 39.8 Å². The maximum Gasteiger partial charge on any atom is 0.247 e. The van der Waals surface area contributed by atoms with E-state index in [1.54, 1.807) is 6.92 Å². The quantitative estimate of drug-likeness (QED) is 0.253. The maximum atomic E-state index is 13.5. The molecule has 1 aromatic heterocycles. The molecule has 5 N–H and O–H groups in total. The van der Waals surface area contributed by atoms with Crippen molar-refractivity contribution in [1.29, 1.82) is 0 Å². The first-order valence-electron chi connectivity index (χ1n) is 12.0. The second-order valence-corrected chi connectivity index (χ2v) is 10.0. The third-order valence-electron chi connectivity index (χ3n) is 6.79. The van der Waals surface area contributed by atoms with Crippen molar-refractivity contribution in [3.63, 3.8) is 0 Å². The maximum absolute atomic E-state index is 13.5. The van der Waals surface area contributed by atoms with Crippen LogP contribution < -0.4 is 21.7 Å². The summed E-state index contributed by atoms with van der Waals surface area (Å²) in [5.74, 6) is 0.797. The van der Waals surface area contributed by atoms with E-state index < -0.39 is 6.04 Å². The fraction of sp³-hybridized carbons (Fsp3) is 0.360. The summed E-state index contributed by atoms with van der Waals surface area (Å²) in [7, 11) is 0. The minimum absolute atomic E-state index is 0.0445. The SMILES string of the molecule is CC(=O)N1CCN(c2ccc3c(c2)-c2nc4cc(Br)ccc4n2C(CCCN=C(N)N)C(=O)N3)CC1. The molecule has 1 atom stereocenters. The lowest BCUT2D eigenvalue weighted by Crippen LogP contribution is -2.48. The first kappa shape index (κ1) is 24.1. The number of aliphatic imine (C=N–C) groups is 1. The van der Waals surface area contributed by atoms with Gasteiger partial charge in [0.1, 0.15) is 11.9 Å². The molecular weight excluding hydrogens is 524 g/mol. The summed E-state index contributed by atoms with van der Waals surface area (Å²) >= 11 is 3.54. The van der Waals surface area contributed by atoms with Crippen molar-refractivity contribution in [1.82, 2.24) is 14.5 Å². The van der Waals surface area contributed by atoms with Gasteiger partial charge in [-0.2, -0.15) is 0 Å². The van der Waals surface area contributed by atoms with E-state index in [-0.39, 0.29) is 17.8 Å². The number of nitrogens with zero attached hydrogens (tertiary/aromatic N) is 5. The molecule has 0 saturated carbocycles. The number of aromatic nitrogens is 2. The average Bonchev–Trinajstić information content (AvgIpc) is 3.17. The Bertz CT molecular complexity index is 1360. The van der Waals surface area contributed by atoms with Gasteiger partial charge in [-0.3, -0.25) is 14.6 Å². The summed E-state index contributed by atoms with van der Waals surface area (Å²) < 4.78 is 2.96. The number of hydrogen-bond donors (Lipinski definition) is 3. The van der Waals surface area contributed by atoms with Crippen LogP contribution in [0.1, 0.15) is 25.8 Å². The smallest absolute Gasteiger partial charge is 0.247 e. The van der Waals surface area contributed by atoms with Gasteiger partial charge >= 0.3 is 0 Å². The van der Waals surface area contributed by atoms with Crippen molar-refractivity contribution in [2.45, 2.75) is 25.8 Å². The highest BCUT2D eigenvalue weighted by Gasteiger charge is 2.31. The van der Waals surface area contributed by atoms with Gasteiger partial charge < -0.3 is 31.2 Å². The number of piperazine rings is 1. The number of rotatable bonds is 5. The number of guanidine groups is 1. The molecule has 0 bridgehead atoms. The van der Waals surface area contributed by atoms with Gasteiger partial charge in [0.25, 0.3) is 0 Å². The second kappa shape index (κ2) is 9.81. The van der Waals surface area contributed by atoms with Gasteiger partial charge in [-0.15, -0.1) is 0 Å². The Labute approximate surface area is 217 Å². The number of anilines is 2. The molecule has 2 amide bonds. The van der Waals surface area contributed by atoms with Crippen molar-refractivity contribution in [2.24, 2.45) is 16.5 Å². The number of nitrogens with one attached hydrogen (secondary N) is 1. The van der Waals surface area contributed by atoms with Crippen LogP contribution in [0.5, 0.6) is 0 Å². The summed E-state index contributed by atoms with van der Waals surface area (Å²) in [6, 6.07) is 11.5. The van der Waals surface area contributed by atoms with Crippen LogP contribution >= 0.6 is 15.9 Å². The predicted octanol–water partition coefficient (Wildman–Crippen LogP) is 2.68. The Hall–Kier alpha value is -3.60. The molecule has 1 saturated heterocycles. The topological polar surface area (TPSA) is 135 Å². The monoisotopic (exact) mass is 552 g/mol. The predicted molar refractivity (Wildman–Crippen MR) is 145 cm³/mol. The molecule has 2 aliphatic rings. The van der Waals surface area contributed by atoms with E-state index in [1.165, 1.54) is 0 Å². The number of amides is 2. The normalized spacial score (nSPS) is 17.3. The minimum Gasteiger partial charge on any atom is -0.370 e. The van der Waals surface area contributed by atoms with Crippen molar-refractivity contribution in [3.05, 3.63) is 40.9 Å². The third kappa shape index (κ3) is 4.62. The van der Waals surface area contributed by atoms with Gasteiger partial charge in [0.15, 0.2) is 5.96 Å². The lowest BCUT2D eigenvalue weighted by atomic mass is 10.1. The average molecular weight is 553 g/mol. The number of carbonyl (C=O) groups is 2. The molecule has 3 heterocycles. The van der Waals surface area contributed by atoms with E-state index in [4.69, 9.17) is 16.5 Å². The van der Waals surface area contributed by atoms with Gasteiger partial charge in [-0.05, 0) is 49.2 Å². The third-order valence-corrected chi connectivity index (χ3v) is 7.28. The highest BCUT2D eigenvalue weighted by molar-refractivity contribution is 9.10. The van der Waals surface area contributed by atoms with Gasteiger partial charge in [-0.25, -0.2) is 4.98 Å². The van der Waals surface area contributed by atoms with Gasteiger partial charge in [0.2, 0.25) is 11.8 Å². The van der Waals surface area contributed by atoms with E-state index in [0.29, 0.717) is 32.5 Å². The van der Waals surface area contributed by atoms with Gasteiger partial charge in [0, 0.05) is 55.4 Å². The minimum atomic E-state index is -0.463. The van der Waals surface area contributed by atoms with E-state index in [2.05, 4.69) is 37.2 Å².